The third kappa shape index (κ3) is 8.44. The quantitative estimate of drug-likeness (QED) is 0.631. The van der Waals surface area contributed by atoms with Crippen molar-refractivity contribution in [3.8, 4) is 0 Å². The van der Waals surface area contributed by atoms with Gasteiger partial charge in [-0.25, -0.2) is 0 Å². The highest BCUT2D eigenvalue weighted by atomic mass is 31.2. The smallest absolute Gasteiger partial charge is 0.350 e. The van der Waals surface area contributed by atoms with E-state index in [0.717, 1.165) is 25.7 Å². The van der Waals surface area contributed by atoms with Crippen LogP contribution in [0.1, 0.15) is 39.5 Å². The predicted molar refractivity (Wildman–Crippen MR) is 51.6 cm³/mol. The molecule has 0 aliphatic carbocycles. The van der Waals surface area contributed by atoms with Crippen LogP contribution in [0.5, 0.6) is 0 Å². The molecule has 0 bridgehead atoms. The first kappa shape index (κ1) is 13.1. The summed E-state index contributed by atoms with van der Waals surface area (Å²) in [5.74, 6) is 0. The van der Waals surface area contributed by atoms with Gasteiger partial charge in [-0.2, -0.15) is 0 Å². The van der Waals surface area contributed by atoms with Gasteiger partial charge in [0.2, 0.25) is 0 Å². The molecule has 13 heavy (non-hydrogen) atoms. The second-order valence-corrected chi connectivity index (χ2v) is 4.75. The summed E-state index contributed by atoms with van der Waals surface area (Å²) in [7, 11) is -3.99. The summed E-state index contributed by atoms with van der Waals surface area (Å²) in [6.07, 6.45) is 3.25. The van der Waals surface area contributed by atoms with E-state index in [0.29, 0.717) is 0 Å². The van der Waals surface area contributed by atoms with Crippen LogP contribution >= 0.6 is 7.60 Å². The highest BCUT2D eigenvalue weighted by Gasteiger charge is 2.16. The lowest BCUT2D eigenvalue weighted by Crippen LogP contribution is -2.13. The second-order valence-electron chi connectivity index (χ2n) is 3.16. The van der Waals surface area contributed by atoms with Crippen molar-refractivity contribution in [3.05, 3.63) is 0 Å². The fourth-order valence-electron chi connectivity index (χ4n) is 1.16. The van der Waals surface area contributed by atoms with Crippen molar-refractivity contribution in [2.75, 3.05) is 6.35 Å². The fraction of sp³-hybridized carbons (Fsp3) is 1.00. The maximum absolute atomic E-state index is 10.5. The second kappa shape index (κ2) is 6.55. The highest BCUT2D eigenvalue weighted by molar-refractivity contribution is 7.51. The lowest BCUT2D eigenvalue weighted by atomic mass is 10.1. The van der Waals surface area contributed by atoms with Crippen LogP contribution in [-0.2, 0) is 9.30 Å². The number of hydrogen-bond acceptors (Lipinski definition) is 2. The summed E-state index contributed by atoms with van der Waals surface area (Å²) in [6, 6.07) is 0. The largest absolute Gasteiger partial charge is 0.366 e. The minimum Gasteiger partial charge on any atom is -0.366 e. The normalized spacial score (nSPS) is 12.4. The number of ether oxygens (including phenoxy) is 1. The first-order valence-corrected chi connectivity index (χ1v) is 6.45. The van der Waals surface area contributed by atoms with E-state index < -0.39 is 13.9 Å². The van der Waals surface area contributed by atoms with Crippen molar-refractivity contribution < 1.29 is 19.1 Å². The molecule has 0 aromatic rings. The van der Waals surface area contributed by atoms with Crippen LogP contribution in [0, 0.1) is 0 Å². The molecule has 0 atom stereocenters. The average molecular weight is 210 g/mol. The molecule has 0 aromatic carbocycles. The predicted octanol–water partition coefficient (Wildman–Crippen LogP) is 2.11. The zero-order valence-corrected chi connectivity index (χ0v) is 9.17. The molecule has 0 heterocycles. The van der Waals surface area contributed by atoms with E-state index in [-0.39, 0.29) is 6.10 Å². The van der Waals surface area contributed by atoms with Gasteiger partial charge in [0.05, 0.1) is 6.10 Å². The highest BCUT2D eigenvalue weighted by Crippen LogP contribution is 2.35. The lowest BCUT2D eigenvalue weighted by Gasteiger charge is -2.16. The van der Waals surface area contributed by atoms with Crippen LogP contribution in [-0.4, -0.2) is 22.2 Å². The summed E-state index contributed by atoms with van der Waals surface area (Å²) < 4.78 is 15.6. The van der Waals surface area contributed by atoms with Crippen LogP contribution in [0.3, 0.4) is 0 Å². The van der Waals surface area contributed by atoms with Crippen molar-refractivity contribution in [2.45, 2.75) is 45.6 Å². The molecule has 4 nitrogen and oxygen atoms in total. The van der Waals surface area contributed by atoms with Gasteiger partial charge < -0.3 is 14.5 Å². The van der Waals surface area contributed by atoms with E-state index >= 15 is 0 Å². The Morgan fingerprint density at radius 3 is 2.00 bits per heavy atom. The Kier molecular flexibility index (Phi) is 6.60. The molecule has 80 valence electrons. The van der Waals surface area contributed by atoms with Crippen LogP contribution in [0.4, 0.5) is 0 Å². The van der Waals surface area contributed by atoms with E-state index in [1.807, 2.05) is 13.8 Å². The van der Waals surface area contributed by atoms with Crippen LogP contribution in [0.25, 0.3) is 0 Å². The van der Waals surface area contributed by atoms with Crippen molar-refractivity contribution in [1.29, 1.82) is 0 Å². The van der Waals surface area contributed by atoms with E-state index in [4.69, 9.17) is 14.5 Å². The van der Waals surface area contributed by atoms with Gasteiger partial charge in [0, 0.05) is 0 Å². The maximum atomic E-state index is 10.5. The summed E-state index contributed by atoms with van der Waals surface area (Å²) in [5, 5.41) is 0. The minimum absolute atomic E-state index is 0.00243. The van der Waals surface area contributed by atoms with Gasteiger partial charge in [-0.15, -0.1) is 0 Å². The molecule has 2 N–H and O–H groups in total. The molecule has 0 aromatic heterocycles. The Balaban J connectivity index is 3.74. The number of hydrogen-bond donors (Lipinski definition) is 2. The Labute approximate surface area is 79.5 Å². The third-order valence-electron chi connectivity index (χ3n) is 1.70. The van der Waals surface area contributed by atoms with E-state index in [1.165, 1.54) is 0 Å². The maximum Gasteiger partial charge on any atom is 0.350 e. The van der Waals surface area contributed by atoms with Gasteiger partial charge >= 0.3 is 7.60 Å². The Hall–Kier alpha value is 0.110. The Morgan fingerprint density at radius 2 is 1.69 bits per heavy atom. The summed E-state index contributed by atoms with van der Waals surface area (Å²) >= 11 is 0. The standard InChI is InChI=1S/C8H19O4P/c1-3-5-8(6-4-2)12-7-13(9,10)11/h8H,3-7H2,1-2H3,(H2,9,10,11). The van der Waals surface area contributed by atoms with E-state index in [1.54, 1.807) is 0 Å². The van der Waals surface area contributed by atoms with Crippen LogP contribution in [0.15, 0.2) is 0 Å². The van der Waals surface area contributed by atoms with Gasteiger partial charge in [0.25, 0.3) is 0 Å². The van der Waals surface area contributed by atoms with Crippen LogP contribution < -0.4 is 0 Å². The Morgan fingerprint density at radius 1 is 1.23 bits per heavy atom. The molecular weight excluding hydrogens is 191 g/mol. The summed E-state index contributed by atoms with van der Waals surface area (Å²) in [5.41, 5.74) is 0. The molecule has 0 aliphatic rings. The van der Waals surface area contributed by atoms with Gasteiger partial charge in [-0.05, 0) is 12.8 Å². The van der Waals surface area contributed by atoms with E-state index in [2.05, 4.69) is 0 Å². The molecule has 0 amide bonds. The molecule has 0 fully saturated rings. The SMILES string of the molecule is CCCC(CCC)OCP(=O)(O)O. The molecule has 0 saturated carbocycles. The molecule has 0 radical (unpaired) electrons. The average Bonchev–Trinajstić information content (AvgIpc) is 2.00. The van der Waals surface area contributed by atoms with Gasteiger partial charge in [0.1, 0.15) is 6.35 Å². The van der Waals surface area contributed by atoms with Crippen molar-refractivity contribution in [2.24, 2.45) is 0 Å². The van der Waals surface area contributed by atoms with Crippen molar-refractivity contribution in [3.63, 3.8) is 0 Å². The van der Waals surface area contributed by atoms with Crippen molar-refractivity contribution >= 4 is 7.60 Å². The van der Waals surface area contributed by atoms with Gasteiger partial charge in [-0.3, -0.25) is 4.57 Å². The van der Waals surface area contributed by atoms with Gasteiger partial charge in [0.15, 0.2) is 0 Å². The summed E-state index contributed by atoms with van der Waals surface area (Å²) in [6.45, 7) is 4.06. The molecule has 0 saturated heterocycles. The lowest BCUT2D eigenvalue weighted by molar-refractivity contribution is 0.0614. The molecule has 5 heteroatoms. The fourth-order valence-corrected chi connectivity index (χ4v) is 1.56. The first-order valence-electron chi connectivity index (χ1n) is 4.65. The topological polar surface area (TPSA) is 66.8 Å². The van der Waals surface area contributed by atoms with E-state index in [9.17, 15) is 4.57 Å². The number of rotatable bonds is 7. The van der Waals surface area contributed by atoms with Crippen LogP contribution in [0.2, 0.25) is 0 Å². The molecule has 0 unspecified atom stereocenters. The molecule has 0 spiro atoms. The zero-order valence-electron chi connectivity index (χ0n) is 8.27. The third-order valence-corrected chi connectivity index (χ3v) is 2.19. The zero-order chi connectivity index (χ0) is 10.3. The Bertz CT molecular complexity index is 160. The summed E-state index contributed by atoms with van der Waals surface area (Å²) in [4.78, 5) is 17.2. The van der Waals surface area contributed by atoms with Crippen molar-refractivity contribution in [1.82, 2.24) is 0 Å². The monoisotopic (exact) mass is 210 g/mol. The van der Waals surface area contributed by atoms with Gasteiger partial charge in [-0.1, -0.05) is 26.7 Å². The molecule has 0 rings (SSSR count). The minimum atomic E-state index is -3.99. The first-order chi connectivity index (χ1) is 5.99. The molecular formula is C8H19O4P. The molecule has 0 aliphatic heterocycles.